The smallest absolute Gasteiger partial charge is 0.231 e. The zero-order valence-electron chi connectivity index (χ0n) is 12.3. The summed E-state index contributed by atoms with van der Waals surface area (Å²) in [5.41, 5.74) is 1.36. The van der Waals surface area contributed by atoms with Crippen molar-refractivity contribution in [2.45, 2.75) is 6.92 Å². The van der Waals surface area contributed by atoms with Crippen LogP contribution in [0.1, 0.15) is 22.8 Å². The summed E-state index contributed by atoms with van der Waals surface area (Å²) in [5.74, 6) is 0.974. The highest BCUT2D eigenvalue weighted by molar-refractivity contribution is 9.10. The molecule has 0 bridgehead atoms. The van der Waals surface area contributed by atoms with Crippen LogP contribution in [-0.4, -0.2) is 18.2 Å². The maximum Gasteiger partial charge on any atom is 0.231 e. The Labute approximate surface area is 141 Å². The van der Waals surface area contributed by atoms with Gasteiger partial charge >= 0.3 is 0 Å². The second-order valence-electron chi connectivity index (χ2n) is 5.14. The van der Waals surface area contributed by atoms with Gasteiger partial charge in [0.05, 0.1) is 5.56 Å². The third kappa shape index (κ3) is 3.51. The van der Waals surface area contributed by atoms with Gasteiger partial charge in [-0.1, -0.05) is 28.1 Å². The van der Waals surface area contributed by atoms with Crippen molar-refractivity contribution in [3.8, 4) is 11.5 Å². The van der Waals surface area contributed by atoms with Crippen molar-refractivity contribution in [3.05, 3.63) is 63.8 Å². The van der Waals surface area contributed by atoms with Crippen molar-refractivity contribution in [2.75, 3.05) is 6.61 Å². The van der Waals surface area contributed by atoms with E-state index in [4.69, 9.17) is 9.47 Å². The van der Waals surface area contributed by atoms with Crippen molar-refractivity contribution >= 4 is 33.6 Å². The van der Waals surface area contributed by atoms with Crippen molar-refractivity contribution in [2.24, 2.45) is 0 Å². The van der Waals surface area contributed by atoms with Gasteiger partial charge in [0.25, 0.3) is 0 Å². The first-order valence-electron chi connectivity index (χ1n) is 6.99. The maximum atomic E-state index is 12.3. The van der Waals surface area contributed by atoms with E-state index < -0.39 is 0 Å². The molecule has 1 aliphatic rings. The SMILES string of the molecule is CC(=O)COc1ccc2c(c1)OC(=Cc1ccc(Br)cc1)C2=O. The lowest BCUT2D eigenvalue weighted by molar-refractivity contribution is -0.118. The Morgan fingerprint density at radius 1 is 1.22 bits per heavy atom. The number of fused-ring (bicyclic) bond motifs is 1. The molecule has 4 nitrogen and oxygen atoms in total. The van der Waals surface area contributed by atoms with Crippen LogP contribution in [0.3, 0.4) is 0 Å². The lowest BCUT2D eigenvalue weighted by atomic mass is 10.1. The van der Waals surface area contributed by atoms with Gasteiger partial charge < -0.3 is 9.47 Å². The van der Waals surface area contributed by atoms with E-state index in [9.17, 15) is 9.59 Å². The Bertz CT molecular complexity index is 806. The highest BCUT2D eigenvalue weighted by Crippen LogP contribution is 2.34. The third-order valence-electron chi connectivity index (χ3n) is 3.25. The van der Waals surface area contributed by atoms with Gasteiger partial charge in [-0.15, -0.1) is 0 Å². The van der Waals surface area contributed by atoms with Crippen LogP contribution in [-0.2, 0) is 4.79 Å². The molecule has 2 aromatic rings. The summed E-state index contributed by atoms with van der Waals surface area (Å²) in [6, 6.07) is 12.5. The minimum atomic E-state index is -0.166. The number of carbonyl (C=O) groups excluding carboxylic acids is 2. The fourth-order valence-electron chi connectivity index (χ4n) is 2.15. The molecule has 1 heterocycles. The molecule has 0 fully saturated rings. The number of Topliss-reactive ketones (excluding diaryl/α,β-unsaturated/α-hetero) is 2. The Morgan fingerprint density at radius 2 is 1.96 bits per heavy atom. The molecule has 3 rings (SSSR count). The van der Waals surface area contributed by atoms with Crippen molar-refractivity contribution in [1.82, 2.24) is 0 Å². The predicted molar refractivity (Wildman–Crippen MR) is 89.7 cm³/mol. The summed E-state index contributed by atoms with van der Waals surface area (Å²) in [6.45, 7) is 1.45. The van der Waals surface area contributed by atoms with E-state index in [1.54, 1.807) is 24.3 Å². The van der Waals surface area contributed by atoms with Crippen molar-refractivity contribution < 1.29 is 19.1 Å². The predicted octanol–water partition coefficient (Wildman–Crippen LogP) is 4.03. The number of hydrogen-bond acceptors (Lipinski definition) is 4. The number of carbonyl (C=O) groups is 2. The molecule has 2 aromatic carbocycles. The number of rotatable bonds is 4. The number of hydrogen-bond donors (Lipinski definition) is 0. The zero-order chi connectivity index (χ0) is 16.4. The van der Waals surface area contributed by atoms with Gasteiger partial charge in [0.15, 0.2) is 11.5 Å². The van der Waals surface area contributed by atoms with Gasteiger partial charge in [0.2, 0.25) is 5.78 Å². The molecule has 0 aromatic heterocycles. The van der Waals surface area contributed by atoms with Gasteiger partial charge in [-0.25, -0.2) is 0 Å². The maximum absolute atomic E-state index is 12.3. The third-order valence-corrected chi connectivity index (χ3v) is 3.78. The van der Waals surface area contributed by atoms with Crippen molar-refractivity contribution in [3.63, 3.8) is 0 Å². The highest BCUT2D eigenvalue weighted by Gasteiger charge is 2.27. The first-order chi connectivity index (χ1) is 11.0. The number of ether oxygens (including phenoxy) is 2. The molecule has 0 radical (unpaired) electrons. The minimum absolute atomic E-state index is 0.00563. The monoisotopic (exact) mass is 372 g/mol. The van der Waals surface area contributed by atoms with E-state index in [0.717, 1.165) is 10.0 Å². The standard InChI is InChI=1S/C18H13BrO4/c1-11(20)10-22-14-6-7-15-16(9-14)23-17(18(15)21)8-12-2-4-13(19)5-3-12/h2-9H,10H2,1H3. The van der Waals surface area contributed by atoms with E-state index >= 15 is 0 Å². The molecule has 0 saturated heterocycles. The van der Waals surface area contributed by atoms with Crippen LogP contribution in [0.4, 0.5) is 0 Å². The van der Waals surface area contributed by atoms with Crippen LogP contribution in [0.25, 0.3) is 6.08 Å². The summed E-state index contributed by atoms with van der Waals surface area (Å²) < 4.78 is 11.9. The molecule has 0 N–H and O–H groups in total. The zero-order valence-corrected chi connectivity index (χ0v) is 13.9. The lowest BCUT2D eigenvalue weighted by Gasteiger charge is -2.04. The number of ketones is 2. The Hall–Kier alpha value is -2.40. The topological polar surface area (TPSA) is 52.6 Å². The number of allylic oxidation sites excluding steroid dienone is 1. The second-order valence-corrected chi connectivity index (χ2v) is 6.06. The molecular weight excluding hydrogens is 360 g/mol. The fourth-order valence-corrected chi connectivity index (χ4v) is 2.42. The molecule has 5 heteroatoms. The molecule has 23 heavy (non-hydrogen) atoms. The van der Waals surface area contributed by atoms with E-state index in [1.807, 2.05) is 24.3 Å². The first kappa shape index (κ1) is 15.5. The molecule has 0 saturated carbocycles. The molecule has 0 unspecified atom stereocenters. The van der Waals surface area contributed by atoms with Crippen LogP contribution >= 0.6 is 15.9 Å². The van der Waals surface area contributed by atoms with Crippen LogP contribution in [0.15, 0.2) is 52.7 Å². The quantitative estimate of drug-likeness (QED) is 0.760. The summed E-state index contributed by atoms with van der Waals surface area (Å²) >= 11 is 3.37. The molecule has 116 valence electrons. The van der Waals surface area contributed by atoms with Crippen LogP contribution < -0.4 is 9.47 Å². The summed E-state index contributed by atoms with van der Waals surface area (Å²) in [7, 11) is 0. The second kappa shape index (κ2) is 6.38. The fraction of sp³-hybridized carbons (Fsp3) is 0.111. The summed E-state index contributed by atoms with van der Waals surface area (Å²) in [4.78, 5) is 23.3. The van der Waals surface area contributed by atoms with E-state index in [1.165, 1.54) is 6.92 Å². The van der Waals surface area contributed by atoms with E-state index in [-0.39, 0.29) is 23.9 Å². The molecule has 0 atom stereocenters. The van der Waals surface area contributed by atoms with Crippen LogP contribution in [0.5, 0.6) is 11.5 Å². The van der Waals surface area contributed by atoms with Gasteiger partial charge in [-0.2, -0.15) is 0 Å². The van der Waals surface area contributed by atoms with Gasteiger partial charge in [-0.3, -0.25) is 9.59 Å². The average Bonchev–Trinajstić information content (AvgIpc) is 2.83. The average molecular weight is 373 g/mol. The summed E-state index contributed by atoms with van der Waals surface area (Å²) in [6.07, 6.45) is 1.70. The van der Waals surface area contributed by atoms with E-state index in [0.29, 0.717) is 17.1 Å². The van der Waals surface area contributed by atoms with Crippen molar-refractivity contribution in [1.29, 1.82) is 0 Å². The Kier molecular flexibility index (Phi) is 4.30. The molecule has 1 aliphatic heterocycles. The Balaban J connectivity index is 1.83. The Morgan fingerprint density at radius 3 is 2.65 bits per heavy atom. The minimum Gasteiger partial charge on any atom is -0.486 e. The summed E-state index contributed by atoms with van der Waals surface area (Å²) in [5, 5.41) is 0. The highest BCUT2D eigenvalue weighted by atomic mass is 79.9. The van der Waals surface area contributed by atoms with Crippen LogP contribution in [0.2, 0.25) is 0 Å². The normalized spacial score (nSPS) is 14.5. The van der Waals surface area contributed by atoms with Gasteiger partial charge in [-0.05, 0) is 42.8 Å². The molecular formula is C18H13BrO4. The molecule has 0 spiro atoms. The number of halogens is 1. The first-order valence-corrected chi connectivity index (χ1v) is 7.78. The van der Waals surface area contributed by atoms with Gasteiger partial charge in [0.1, 0.15) is 18.1 Å². The largest absolute Gasteiger partial charge is 0.486 e. The van der Waals surface area contributed by atoms with Crippen LogP contribution in [0, 0.1) is 0 Å². The molecule has 0 aliphatic carbocycles. The van der Waals surface area contributed by atoms with Gasteiger partial charge in [0, 0.05) is 10.5 Å². The lowest BCUT2D eigenvalue weighted by Crippen LogP contribution is -2.06. The number of benzene rings is 2. The van der Waals surface area contributed by atoms with E-state index in [2.05, 4.69) is 15.9 Å². The molecule has 0 amide bonds.